The van der Waals surface area contributed by atoms with Crippen molar-refractivity contribution < 1.29 is 4.39 Å². The summed E-state index contributed by atoms with van der Waals surface area (Å²) in [4.78, 5) is 10.4. The number of hydrogen-bond acceptors (Lipinski definition) is 5. The molecule has 2 aromatic rings. The van der Waals surface area contributed by atoms with Gasteiger partial charge in [-0.1, -0.05) is 18.2 Å². The second-order valence-corrected chi connectivity index (χ2v) is 5.17. The van der Waals surface area contributed by atoms with E-state index in [9.17, 15) is 4.39 Å². The van der Waals surface area contributed by atoms with Crippen molar-refractivity contribution >= 4 is 11.7 Å². The molecule has 5 nitrogen and oxygen atoms in total. The van der Waals surface area contributed by atoms with Gasteiger partial charge in [0.25, 0.3) is 0 Å². The van der Waals surface area contributed by atoms with Gasteiger partial charge in [-0.15, -0.1) is 0 Å². The summed E-state index contributed by atoms with van der Waals surface area (Å²) in [6, 6.07) is 12.1. The largest absolute Gasteiger partial charge is 0.370 e. The van der Waals surface area contributed by atoms with Gasteiger partial charge in [0.1, 0.15) is 17.3 Å². The number of pyridine rings is 1. The van der Waals surface area contributed by atoms with Crippen molar-refractivity contribution in [1.29, 1.82) is 5.26 Å². The van der Waals surface area contributed by atoms with Gasteiger partial charge < -0.3 is 5.32 Å². The lowest BCUT2D eigenvalue weighted by Crippen LogP contribution is -2.24. The maximum absolute atomic E-state index is 13.1. The van der Waals surface area contributed by atoms with E-state index >= 15 is 0 Å². The van der Waals surface area contributed by atoms with E-state index in [1.807, 2.05) is 24.3 Å². The molecule has 0 aliphatic carbocycles. The van der Waals surface area contributed by atoms with Crippen LogP contribution >= 0.6 is 0 Å². The molecule has 0 radical (unpaired) electrons. The van der Waals surface area contributed by atoms with Gasteiger partial charge in [0.2, 0.25) is 0 Å². The SMILES string of the molecule is N#CN1CCN=C1c1cccc(NCCc2cccc(F)c2)n1. The van der Waals surface area contributed by atoms with Crippen molar-refractivity contribution in [3.63, 3.8) is 0 Å². The number of aromatic nitrogens is 1. The van der Waals surface area contributed by atoms with Crippen LogP contribution in [-0.4, -0.2) is 35.4 Å². The van der Waals surface area contributed by atoms with Crippen molar-refractivity contribution in [2.45, 2.75) is 6.42 Å². The van der Waals surface area contributed by atoms with Crippen LogP contribution in [0.4, 0.5) is 10.2 Å². The van der Waals surface area contributed by atoms with E-state index in [-0.39, 0.29) is 5.82 Å². The molecule has 0 fully saturated rings. The molecule has 0 bridgehead atoms. The van der Waals surface area contributed by atoms with Crippen LogP contribution in [0.2, 0.25) is 0 Å². The number of aliphatic imine (C=N–C) groups is 1. The fourth-order valence-corrected chi connectivity index (χ4v) is 2.45. The first-order valence-corrected chi connectivity index (χ1v) is 7.44. The zero-order valence-corrected chi connectivity index (χ0v) is 12.5. The van der Waals surface area contributed by atoms with Crippen molar-refractivity contribution in [2.24, 2.45) is 4.99 Å². The molecule has 0 unspecified atom stereocenters. The van der Waals surface area contributed by atoms with E-state index in [0.29, 0.717) is 43.4 Å². The average molecular weight is 309 g/mol. The Labute approximate surface area is 134 Å². The highest BCUT2D eigenvalue weighted by Crippen LogP contribution is 2.12. The Balaban J connectivity index is 1.63. The number of benzene rings is 1. The van der Waals surface area contributed by atoms with Crippen LogP contribution in [0.5, 0.6) is 0 Å². The average Bonchev–Trinajstić information content (AvgIpc) is 3.04. The Hall–Kier alpha value is -2.94. The van der Waals surface area contributed by atoms with Crippen LogP contribution in [0.25, 0.3) is 0 Å². The second-order valence-electron chi connectivity index (χ2n) is 5.17. The Kier molecular flexibility index (Phi) is 4.48. The highest BCUT2D eigenvalue weighted by atomic mass is 19.1. The number of nitrogens with zero attached hydrogens (tertiary/aromatic N) is 4. The predicted octanol–water partition coefficient (Wildman–Crippen LogP) is 2.42. The van der Waals surface area contributed by atoms with Crippen molar-refractivity contribution in [1.82, 2.24) is 9.88 Å². The summed E-state index contributed by atoms with van der Waals surface area (Å²) >= 11 is 0. The zero-order valence-electron chi connectivity index (χ0n) is 12.5. The van der Waals surface area contributed by atoms with Crippen LogP contribution < -0.4 is 5.32 Å². The molecule has 6 heteroatoms. The van der Waals surface area contributed by atoms with Crippen LogP contribution in [-0.2, 0) is 6.42 Å². The Morgan fingerprint density at radius 2 is 2.13 bits per heavy atom. The lowest BCUT2D eigenvalue weighted by atomic mass is 10.1. The Morgan fingerprint density at radius 1 is 1.26 bits per heavy atom. The molecule has 23 heavy (non-hydrogen) atoms. The topological polar surface area (TPSA) is 64.3 Å². The molecule has 0 saturated heterocycles. The number of rotatable bonds is 5. The van der Waals surface area contributed by atoms with Gasteiger partial charge in [-0.2, -0.15) is 5.26 Å². The highest BCUT2D eigenvalue weighted by molar-refractivity contribution is 5.99. The molecular weight excluding hydrogens is 293 g/mol. The first-order chi connectivity index (χ1) is 11.3. The molecule has 1 aromatic carbocycles. The smallest absolute Gasteiger partial charge is 0.185 e. The maximum atomic E-state index is 13.1. The van der Waals surface area contributed by atoms with E-state index in [1.54, 1.807) is 11.0 Å². The number of nitriles is 1. The van der Waals surface area contributed by atoms with E-state index in [2.05, 4.69) is 21.5 Å². The van der Waals surface area contributed by atoms with Crippen LogP contribution in [0.3, 0.4) is 0 Å². The molecule has 1 aliphatic rings. The minimum absolute atomic E-state index is 0.224. The van der Waals surface area contributed by atoms with Crippen LogP contribution in [0, 0.1) is 17.3 Å². The molecule has 0 amide bonds. The van der Waals surface area contributed by atoms with Gasteiger partial charge in [0.15, 0.2) is 12.0 Å². The van der Waals surface area contributed by atoms with E-state index < -0.39 is 0 Å². The number of halogens is 1. The highest BCUT2D eigenvalue weighted by Gasteiger charge is 2.19. The summed E-state index contributed by atoms with van der Waals surface area (Å²) < 4.78 is 13.1. The van der Waals surface area contributed by atoms with Crippen LogP contribution in [0.1, 0.15) is 11.3 Å². The third-order valence-corrected chi connectivity index (χ3v) is 3.55. The molecule has 1 N–H and O–H groups in total. The third kappa shape index (κ3) is 3.64. The van der Waals surface area contributed by atoms with Crippen molar-refractivity contribution in [2.75, 3.05) is 25.0 Å². The third-order valence-electron chi connectivity index (χ3n) is 3.55. The lowest BCUT2D eigenvalue weighted by molar-refractivity contribution is 0.625. The predicted molar refractivity (Wildman–Crippen MR) is 86.6 cm³/mol. The van der Waals surface area contributed by atoms with Gasteiger partial charge in [-0.3, -0.25) is 9.89 Å². The minimum atomic E-state index is -0.224. The summed E-state index contributed by atoms with van der Waals surface area (Å²) in [6.45, 7) is 1.86. The number of nitrogens with one attached hydrogen (secondary N) is 1. The molecule has 3 rings (SSSR count). The fraction of sp³-hybridized carbons (Fsp3) is 0.235. The van der Waals surface area contributed by atoms with Gasteiger partial charge >= 0.3 is 0 Å². The number of hydrogen-bond donors (Lipinski definition) is 1. The molecule has 0 atom stereocenters. The zero-order chi connectivity index (χ0) is 16.1. The number of anilines is 1. The minimum Gasteiger partial charge on any atom is -0.370 e. The van der Waals surface area contributed by atoms with Gasteiger partial charge in [0, 0.05) is 6.54 Å². The summed E-state index contributed by atoms with van der Waals surface area (Å²) in [5.74, 6) is 1.10. The van der Waals surface area contributed by atoms with Gasteiger partial charge in [0.05, 0.1) is 13.1 Å². The molecule has 1 aliphatic heterocycles. The summed E-state index contributed by atoms with van der Waals surface area (Å²) in [5.41, 5.74) is 1.62. The van der Waals surface area contributed by atoms with E-state index in [0.717, 1.165) is 5.56 Å². The van der Waals surface area contributed by atoms with Gasteiger partial charge in [-0.05, 0) is 36.2 Å². The first-order valence-electron chi connectivity index (χ1n) is 7.44. The molecule has 2 heterocycles. The summed E-state index contributed by atoms with van der Waals surface area (Å²) in [5, 5.41) is 12.3. The second kappa shape index (κ2) is 6.88. The summed E-state index contributed by atoms with van der Waals surface area (Å²) in [6.07, 6.45) is 2.81. The van der Waals surface area contributed by atoms with E-state index in [4.69, 9.17) is 5.26 Å². The van der Waals surface area contributed by atoms with Crippen molar-refractivity contribution in [3.05, 3.63) is 59.5 Å². The normalized spacial score (nSPS) is 13.6. The Bertz CT molecular complexity index is 766. The molecule has 116 valence electrons. The molecule has 0 saturated carbocycles. The fourth-order valence-electron chi connectivity index (χ4n) is 2.45. The van der Waals surface area contributed by atoms with Crippen LogP contribution in [0.15, 0.2) is 47.5 Å². The summed E-state index contributed by atoms with van der Waals surface area (Å²) in [7, 11) is 0. The first kappa shape index (κ1) is 15.0. The van der Waals surface area contributed by atoms with Gasteiger partial charge in [-0.25, -0.2) is 9.37 Å². The maximum Gasteiger partial charge on any atom is 0.185 e. The monoisotopic (exact) mass is 309 g/mol. The van der Waals surface area contributed by atoms with Crippen molar-refractivity contribution in [3.8, 4) is 6.19 Å². The van der Waals surface area contributed by atoms with E-state index in [1.165, 1.54) is 12.1 Å². The Morgan fingerprint density at radius 3 is 2.96 bits per heavy atom. The lowest BCUT2D eigenvalue weighted by Gasteiger charge is -2.11. The number of amidine groups is 1. The molecule has 1 aromatic heterocycles. The standard InChI is InChI=1S/C17H16FN5/c18-14-4-1-3-13(11-14)7-8-20-16-6-2-5-15(22-16)17-21-9-10-23(17)12-19/h1-6,11H,7-10H2,(H,20,22). The quantitative estimate of drug-likeness (QED) is 0.862. The molecular formula is C17H16FN5. The molecule has 0 spiro atoms.